The Labute approximate surface area is 284 Å². The van der Waals surface area contributed by atoms with Crippen molar-refractivity contribution < 1.29 is 19.4 Å². The highest BCUT2D eigenvalue weighted by Crippen LogP contribution is 2.45. The molecule has 0 aliphatic carbocycles. The van der Waals surface area contributed by atoms with Gasteiger partial charge in [-0.2, -0.15) is 0 Å². The van der Waals surface area contributed by atoms with Crippen molar-refractivity contribution in [2.45, 2.75) is 131 Å². The molecular formula is C42H59NO4. The van der Waals surface area contributed by atoms with Gasteiger partial charge in [-0.05, 0) is 112 Å². The molecule has 2 N–H and O–H groups in total. The molecular weight excluding hydrogens is 582 g/mol. The molecule has 3 unspecified atom stereocenters. The van der Waals surface area contributed by atoms with Crippen molar-refractivity contribution in [2.75, 3.05) is 5.32 Å². The van der Waals surface area contributed by atoms with Crippen LogP contribution in [-0.2, 0) is 13.0 Å². The Morgan fingerprint density at radius 1 is 0.872 bits per heavy atom. The summed E-state index contributed by atoms with van der Waals surface area (Å²) in [6.45, 7) is 16.0. The third-order valence-corrected chi connectivity index (χ3v) is 10.2. The van der Waals surface area contributed by atoms with Gasteiger partial charge in [0, 0.05) is 22.4 Å². The molecule has 0 fully saturated rings. The summed E-state index contributed by atoms with van der Waals surface area (Å²) < 4.78 is 13.0. The summed E-state index contributed by atoms with van der Waals surface area (Å²) in [5, 5.41) is 14.1. The largest absolute Gasteiger partial charge is 0.507 e. The van der Waals surface area contributed by atoms with E-state index in [1.54, 1.807) is 12.1 Å². The van der Waals surface area contributed by atoms with Crippen molar-refractivity contribution >= 4 is 11.6 Å². The van der Waals surface area contributed by atoms with Gasteiger partial charge in [-0.25, -0.2) is 0 Å². The first-order valence-electron chi connectivity index (χ1n) is 18.1. The van der Waals surface area contributed by atoms with Gasteiger partial charge >= 0.3 is 0 Å². The lowest BCUT2D eigenvalue weighted by Gasteiger charge is -2.38. The van der Waals surface area contributed by atoms with Crippen LogP contribution in [0.5, 0.6) is 17.2 Å². The molecule has 5 heteroatoms. The number of phenols is 1. The van der Waals surface area contributed by atoms with Crippen LogP contribution in [0.1, 0.15) is 131 Å². The number of nitrogens with one attached hydrogen (secondary N) is 1. The molecule has 3 aromatic carbocycles. The van der Waals surface area contributed by atoms with Crippen molar-refractivity contribution in [3.05, 3.63) is 82.4 Å². The van der Waals surface area contributed by atoms with E-state index in [1.807, 2.05) is 49.4 Å². The first kappa shape index (κ1) is 36.4. The zero-order valence-corrected chi connectivity index (χ0v) is 30.1. The van der Waals surface area contributed by atoms with E-state index in [9.17, 15) is 9.90 Å². The van der Waals surface area contributed by atoms with Crippen LogP contribution >= 0.6 is 0 Å². The lowest BCUT2D eigenvalue weighted by molar-refractivity contribution is 0.0507. The molecule has 0 bridgehead atoms. The van der Waals surface area contributed by atoms with Crippen molar-refractivity contribution in [2.24, 2.45) is 17.8 Å². The van der Waals surface area contributed by atoms with Gasteiger partial charge in [0.1, 0.15) is 29.5 Å². The molecule has 1 aliphatic rings. The zero-order valence-electron chi connectivity index (χ0n) is 30.1. The first-order valence-corrected chi connectivity index (χ1v) is 18.1. The molecule has 0 saturated carbocycles. The topological polar surface area (TPSA) is 67.8 Å². The van der Waals surface area contributed by atoms with Gasteiger partial charge in [0.15, 0.2) is 0 Å². The van der Waals surface area contributed by atoms with Crippen LogP contribution in [0.25, 0.3) is 0 Å². The zero-order chi connectivity index (χ0) is 34.0. The fourth-order valence-corrected chi connectivity index (χ4v) is 6.89. The highest BCUT2D eigenvalue weighted by molar-refractivity contribution is 6.04. The Bertz CT molecular complexity index is 1430. The maximum absolute atomic E-state index is 12.5. The fraction of sp³-hybridized carbons (Fsp3) is 0.548. The molecule has 47 heavy (non-hydrogen) atoms. The Morgan fingerprint density at radius 3 is 2.13 bits per heavy atom. The number of carbonyl (C=O) groups is 1. The first-order chi connectivity index (χ1) is 22.5. The van der Waals surface area contributed by atoms with E-state index in [0.717, 1.165) is 65.0 Å². The number of carbonyl (C=O) groups excluding carboxylic acids is 1. The highest BCUT2D eigenvalue weighted by atomic mass is 16.5. The van der Waals surface area contributed by atoms with E-state index >= 15 is 0 Å². The van der Waals surface area contributed by atoms with Gasteiger partial charge in [0.05, 0.1) is 0 Å². The molecule has 5 nitrogen and oxygen atoms in total. The van der Waals surface area contributed by atoms with Gasteiger partial charge in [-0.1, -0.05) is 90.8 Å². The third-order valence-electron chi connectivity index (χ3n) is 10.2. The van der Waals surface area contributed by atoms with E-state index in [1.165, 1.54) is 51.4 Å². The molecule has 256 valence electrons. The number of rotatable bonds is 17. The van der Waals surface area contributed by atoms with Gasteiger partial charge in [0.25, 0.3) is 5.91 Å². The normalized spacial score (nSPS) is 17.1. The number of fused-ring (bicyclic) bond motifs is 1. The van der Waals surface area contributed by atoms with E-state index in [4.69, 9.17) is 9.47 Å². The number of hydrogen-bond acceptors (Lipinski definition) is 4. The van der Waals surface area contributed by atoms with Crippen LogP contribution in [0, 0.1) is 31.6 Å². The molecule has 0 spiro atoms. The number of amides is 1. The Balaban J connectivity index is 1.29. The van der Waals surface area contributed by atoms with Gasteiger partial charge in [0.2, 0.25) is 0 Å². The standard InChI is InChI=1S/C42H59NO4/c1-29(2)14-11-15-30(3)16-12-17-31(4)18-13-26-42(7)27-25-37-38(39(44)32(5)33(6)40(37)47-42)28-46-36-23-21-35(22-24-36)43-41(45)34-19-9-8-10-20-34/h8-10,19-24,29-31,44H,11-18,25-28H2,1-7H3,(H,43,45). The number of aromatic hydroxyl groups is 1. The van der Waals surface area contributed by atoms with Crippen LogP contribution in [0.3, 0.4) is 0 Å². The number of anilines is 1. The third kappa shape index (κ3) is 10.5. The second-order valence-electron chi connectivity index (χ2n) is 14.9. The van der Waals surface area contributed by atoms with E-state index in [0.29, 0.717) is 22.7 Å². The van der Waals surface area contributed by atoms with Crippen LogP contribution in [0.15, 0.2) is 54.6 Å². The monoisotopic (exact) mass is 641 g/mol. The van der Waals surface area contributed by atoms with Crippen molar-refractivity contribution in [3.8, 4) is 17.2 Å². The predicted octanol–water partition coefficient (Wildman–Crippen LogP) is 11.4. The maximum atomic E-state index is 12.5. The molecule has 1 heterocycles. The Morgan fingerprint density at radius 2 is 1.49 bits per heavy atom. The quantitative estimate of drug-likeness (QED) is 0.154. The lowest BCUT2D eigenvalue weighted by Crippen LogP contribution is -2.37. The summed E-state index contributed by atoms with van der Waals surface area (Å²) in [6.07, 6.45) is 13.4. The second kappa shape index (κ2) is 17.1. The number of hydrogen-bond donors (Lipinski definition) is 2. The average molecular weight is 642 g/mol. The summed E-state index contributed by atoms with van der Waals surface area (Å²) in [4.78, 5) is 12.5. The second-order valence-corrected chi connectivity index (χ2v) is 14.9. The highest BCUT2D eigenvalue weighted by Gasteiger charge is 2.35. The minimum Gasteiger partial charge on any atom is -0.507 e. The van der Waals surface area contributed by atoms with Crippen LogP contribution in [0.4, 0.5) is 5.69 Å². The molecule has 3 aromatic rings. The van der Waals surface area contributed by atoms with Crippen LogP contribution in [-0.4, -0.2) is 16.6 Å². The molecule has 0 aromatic heterocycles. The number of phenolic OH excluding ortho intramolecular Hbond substituents is 1. The Kier molecular flexibility index (Phi) is 13.2. The van der Waals surface area contributed by atoms with Crippen molar-refractivity contribution in [1.29, 1.82) is 0 Å². The smallest absolute Gasteiger partial charge is 0.255 e. The molecule has 0 radical (unpaired) electrons. The number of benzene rings is 3. The van der Waals surface area contributed by atoms with E-state index < -0.39 is 0 Å². The van der Waals surface area contributed by atoms with Crippen molar-refractivity contribution in [3.63, 3.8) is 0 Å². The van der Waals surface area contributed by atoms with Gasteiger partial charge in [-0.3, -0.25) is 4.79 Å². The van der Waals surface area contributed by atoms with Crippen LogP contribution in [0.2, 0.25) is 0 Å². The van der Waals surface area contributed by atoms with E-state index in [-0.39, 0.29) is 18.1 Å². The Hall–Kier alpha value is -3.47. The fourth-order valence-electron chi connectivity index (χ4n) is 6.89. The van der Waals surface area contributed by atoms with Crippen LogP contribution < -0.4 is 14.8 Å². The summed E-state index contributed by atoms with van der Waals surface area (Å²) >= 11 is 0. The maximum Gasteiger partial charge on any atom is 0.255 e. The summed E-state index contributed by atoms with van der Waals surface area (Å²) in [7, 11) is 0. The lowest BCUT2D eigenvalue weighted by atomic mass is 9.83. The predicted molar refractivity (Wildman–Crippen MR) is 195 cm³/mol. The summed E-state index contributed by atoms with van der Waals surface area (Å²) in [5.41, 5.74) is 4.83. The SMILES string of the molecule is Cc1c(C)c2c(c(COc3ccc(NC(=O)c4ccccc4)cc3)c1O)CCC(C)(CCCC(C)CCCC(C)CCCC(C)C)O2. The average Bonchev–Trinajstić information content (AvgIpc) is 3.05. The van der Waals surface area contributed by atoms with Gasteiger partial charge in [-0.15, -0.1) is 0 Å². The molecule has 3 atom stereocenters. The molecule has 1 amide bonds. The minimum absolute atomic E-state index is 0.152. The summed E-state index contributed by atoms with van der Waals surface area (Å²) in [5.74, 6) is 4.15. The minimum atomic E-state index is -0.204. The van der Waals surface area contributed by atoms with Gasteiger partial charge < -0.3 is 19.9 Å². The van der Waals surface area contributed by atoms with Crippen molar-refractivity contribution in [1.82, 2.24) is 0 Å². The number of ether oxygens (including phenoxy) is 2. The molecule has 4 rings (SSSR count). The molecule has 1 aliphatic heterocycles. The molecule has 0 saturated heterocycles. The van der Waals surface area contributed by atoms with E-state index in [2.05, 4.69) is 46.9 Å². The summed E-state index contributed by atoms with van der Waals surface area (Å²) in [6, 6.07) is 16.5.